The number of piperidine rings is 1. The van der Waals surface area contributed by atoms with Gasteiger partial charge in [0.25, 0.3) is 0 Å². The lowest BCUT2D eigenvalue weighted by molar-refractivity contribution is 0.0900. The van der Waals surface area contributed by atoms with Gasteiger partial charge in [0.2, 0.25) is 0 Å². The number of aryl methyl sites for hydroxylation is 1. The minimum absolute atomic E-state index is 0.253. The van der Waals surface area contributed by atoms with Crippen LogP contribution in [0.4, 0.5) is 5.69 Å². The van der Waals surface area contributed by atoms with Gasteiger partial charge in [0.1, 0.15) is 0 Å². The maximum atomic E-state index is 12.5. The van der Waals surface area contributed by atoms with Gasteiger partial charge in [-0.25, -0.2) is 0 Å². The number of anilines is 1. The van der Waals surface area contributed by atoms with E-state index in [1.165, 1.54) is 24.1 Å². The van der Waals surface area contributed by atoms with E-state index in [9.17, 15) is 4.79 Å². The van der Waals surface area contributed by atoms with Gasteiger partial charge in [-0.1, -0.05) is 6.92 Å². The largest absolute Gasteiger partial charge is 0.372 e. The summed E-state index contributed by atoms with van der Waals surface area (Å²) in [7, 11) is 0. The zero-order chi connectivity index (χ0) is 16.1. The summed E-state index contributed by atoms with van der Waals surface area (Å²) in [6.07, 6.45) is 2.43. The van der Waals surface area contributed by atoms with Crippen molar-refractivity contribution >= 4 is 11.5 Å². The Morgan fingerprint density at radius 3 is 2.41 bits per heavy atom. The zero-order valence-electron chi connectivity index (χ0n) is 14.6. The summed E-state index contributed by atoms with van der Waals surface area (Å²) in [5.74, 6) is 1.06. The Morgan fingerprint density at radius 2 is 1.86 bits per heavy atom. The minimum atomic E-state index is 0.253. The number of Topliss-reactive ketones (excluding diaryl/α,β-unsaturated/α-hetero) is 1. The van der Waals surface area contributed by atoms with Crippen LogP contribution >= 0.6 is 0 Å². The van der Waals surface area contributed by atoms with E-state index in [0.717, 1.165) is 37.7 Å². The normalized spacial score (nSPS) is 16.7. The molecular weight excluding hydrogens is 272 g/mol. The van der Waals surface area contributed by atoms with Crippen LogP contribution in [0.15, 0.2) is 18.2 Å². The van der Waals surface area contributed by atoms with Crippen molar-refractivity contribution in [2.75, 3.05) is 37.6 Å². The smallest absolute Gasteiger partial charge is 0.176 e. The Labute approximate surface area is 135 Å². The van der Waals surface area contributed by atoms with Crippen molar-refractivity contribution in [3.8, 4) is 0 Å². The predicted octanol–water partition coefficient (Wildman–Crippen LogP) is 3.76. The molecule has 0 amide bonds. The Kier molecular flexibility index (Phi) is 6.01. The summed E-state index contributed by atoms with van der Waals surface area (Å²) in [5, 5.41) is 0. The van der Waals surface area contributed by atoms with Crippen molar-refractivity contribution in [3.63, 3.8) is 0 Å². The van der Waals surface area contributed by atoms with Crippen molar-refractivity contribution in [1.82, 2.24) is 4.90 Å². The van der Waals surface area contributed by atoms with Gasteiger partial charge in [0.15, 0.2) is 5.78 Å². The highest BCUT2D eigenvalue weighted by Gasteiger charge is 2.19. The number of nitrogens with zero attached hydrogens (tertiary/aromatic N) is 2. The summed E-state index contributed by atoms with van der Waals surface area (Å²) in [6.45, 7) is 13.4. The molecule has 3 nitrogen and oxygen atoms in total. The van der Waals surface area contributed by atoms with Crippen LogP contribution in [0.1, 0.15) is 49.5 Å². The number of carbonyl (C=O) groups excluding carboxylic acids is 1. The molecule has 1 saturated heterocycles. The lowest BCUT2D eigenvalue weighted by Gasteiger charge is -2.29. The molecule has 0 saturated carbocycles. The minimum Gasteiger partial charge on any atom is -0.372 e. The Hall–Kier alpha value is -1.35. The second-order valence-electron chi connectivity index (χ2n) is 6.56. The highest BCUT2D eigenvalue weighted by molar-refractivity contribution is 5.98. The van der Waals surface area contributed by atoms with Gasteiger partial charge in [-0.3, -0.25) is 9.69 Å². The lowest BCUT2D eigenvalue weighted by atomic mass is 9.98. The van der Waals surface area contributed by atoms with Crippen molar-refractivity contribution in [2.45, 2.75) is 40.5 Å². The third-order valence-electron chi connectivity index (χ3n) is 4.87. The monoisotopic (exact) mass is 302 g/mol. The van der Waals surface area contributed by atoms with Gasteiger partial charge < -0.3 is 4.90 Å². The molecule has 2 rings (SSSR count). The molecule has 0 spiro atoms. The second kappa shape index (κ2) is 7.77. The number of hydrogen-bond acceptors (Lipinski definition) is 3. The molecule has 1 aliphatic rings. The fourth-order valence-electron chi connectivity index (χ4n) is 3.26. The lowest BCUT2D eigenvalue weighted by Crippen LogP contribution is -2.36. The zero-order valence-corrected chi connectivity index (χ0v) is 14.6. The van der Waals surface area contributed by atoms with Crippen LogP contribution in [0.25, 0.3) is 0 Å². The summed E-state index contributed by atoms with van der Waals surface area (Å²) < 4.78 is 0. The van der Waals surface area contributed by atoms with Gasteiger partial charge in [-0.05, 0) is 76.4 Å². The number of ketones is 1. The average molecular weight is 302 g/mol. The summed E-state index contributed by atoms with van der Waals surface area (Å²) in [4.78, 5) is 17.1. The van der Waals surface area contributed by atoms with Crippen molar-refractivity contribution < 1.29 is 4.79 Å². The molecule has 122 valence electrons. The molecule has 0 aliphatic carbocycles. The molecule has 0 radical (unpaired) electrons. The highest BCUT2D eigenvalue weighted by atomic mass is 16.1. The van der Waals surface area contributed by atoms with Crippen LogP contribution in [0.2, 0.25) is 0 Å². The Bertz CT molecular complexity index is 500. The fraction of sp³-hybridized carbons (Fsp3) is 0.632. The van der Waals surface area contributed by atoms with Crippen LogP contribution < -0.4 is 4.90 Å². The topological polar surface area (TPSA) is 23.6 Å². The van der Waals surface area contributed by atoms with E-state index in [2.05, 4.69) is 49.6 Å². The Balaban J connectivity index is 2.03. The average Bonchev–Trinajstić information content (AvgIpc) is 2.52. The van der Waals surface area contributed by atoms with Gasteiger partial charge in [0, 0.05) is 24.3 Å². The van der Waals surface area contributed by atoms with E-state index >= 15 is 0 Å². The van der Waals surface area contributed by atoms with Crippen molar-refractivity contribution in [2.24, 2.45) is 5.92 Å². The van der Waals surface area contributed by atoms with E-state index < -0.39 is 0 Å². The molecule has 0 bridgehead atoms. The first-order chi connectivity index (χ1) is 10.5. The number of benzene rings is 1. The molecule has 1 aromatic carbocycles. The molecule has 3 heteroatoms. The van der Waals surface area contributed by atoms with E-state index in [4.69, 9.17) is 0 Å². The fourth-order valence-corrected chi connectivity index (χ4v) is 3.26. The summed E-state index contributed by atoms with van der Waals surface area (Å²) >= 11 is 0. The first kappa shape index (κ1) is 17.0. The van der Waals surface area contributed by atoms with E-state index in [1.807, 2.05) is 6.07 Å². The van der Waals surface area contributed by atoms with Crippen LogP contribution in [-0.2, 0) is 0 Å². The Morgan fingerprint density at radius 1 is 1.23 bits per heavy atom. The van der Waals surface area contributed by atoms with Crippen molar-refractivity contribution in [1.29, 1.82) is 0 Å². The van der Waals surface area contributed by atoms with E-state index in [0.29, 0.717) is 6.54 Å². The highest BCUT2D eigenvalue weighted by Crippen LogP contribution is 2.22. The molecule has 1 aliphatic heterocycles. The van der Waals surface area contributed by atoms with Crippen LogP contribution in [0.5, 0.6) is 0 Å². The first-order valence-electron chi connectivity index (χ1n) is 8.66. The van der Waals surface area contributed by atoms with Crippen molar-refractivity contribution in [3.05, 3.63) is 29.3 Å². The van der Waals surface area contributed by atoms with E-state index in [-0.39, 0.29) is 5.78 Å². The van der Waals surface area contributed by atoms with Crippen LogP contribution in [0.3, 0.4) is 0 Å². The SMILES string of the molecule is CCN(CC)c1ccc(C(=O)CN2CCC(C)CC2)cc1C. The van der Waals surface area contributed by atoms with Crippen LogP contribution in [0, 0.1) is 12.8 Å². The van der Waals surface area contributed by atoms with E-state index in [1.54, 1.807) is 0 Å². The molecule has 22 heavy (non-hydrogen) atoms. The second-order valence-corrected chi connectivity index (χ2v) is 6.56. The van der Waals surface area contributed by atoms with Gasteiger partial charge in [0.05, 0.1) is 6.54 Å². The van der Waals surface area contributed by atoms with Crippen LogP contribution in [-0.4, -0.2) is 43.4 Å². The molecule has 0 unspecified atom stereocenters. The molecule has 0 aromatic heterocycles. The first-order valence-corrected chi connectivity index (χ1v) is 8.66. The predicted molar refractivity (Wildman–Crippen MR) is 93.9 cm³/mol. The number of carbonyl (C=O) groups is 1. The molecule has 0 atom stereocenters. The molecule has 1 aromatic rings. The third kappa shape index (κ3) is 4.10. The third-order valence-corrected chi connectivity index (χ3v) is 4.87. The molecule has 1 fully saturated rings. The molecular formula is C19H30N2O. The molecule has 1 heterocycles. The van der Waals surface area contributed by atoms with Gasteiger partial charge in [-0.2, -0.15) is 0 Å². The maximum absolute atomic E-state index is 12.5. The number of hydrogen-bond donors (Lipinski definition) is 0. The maximum Gasteiger partial charge on any atom is 0.176 e. The number of likely N-dealkylation sites (tertiary alicyclic amines) is 1. The summed E-state index contributed by atoms with van der Waals surface area (Å²) in [5.41, 5.74) is 3.29. The quantitative estimate of drug-likeness (QED) is 0.748. The summed E-state index contributed by atoms with van der Waals surface area (Å²) in [6, 6.07) is 6.16. The number of rotatable bonds is 6. The molecule has 0 N–H and O–H groups in total. The van der Waals surface area contributed by atoms with Gasteiger partial charge in [-0.15, -0.1) is 0 Å². The van der Waals surface area contributed by atoms with Gasteiger partial charge >= 0.3 is 0 Å². The standard InChI is InChI=1S/C19H30N2O/c1-5-21(6-2)18-8-7-17(13-16(18)4)19(22)14-20-11-9-15(3)10-12-20/h7-8,13,15H,5-6,9-12,14H2,1-4H3.